The Hall–Kier alpha value is -3.44. The predicted molar refractivity (Wildman–Crippen MR) is 150 cm³/mol. The summed E-state index contributed by atoms with van der Waals surface area (Å²) in [4.78, 5) is 13.8. The summed E-state index contributed by atoms with van der Waals surface area (Å²) in [6, 6.07) is 19.5. The summed E-state index contributed by atoms with van der Waals surface area (Å²) in [5.74, 6) is 0.981. The fraction of sp³-hybridized carbons (Fsp3) is 0.290. The number of aromatic amines is 1. The van der Waals surface area contributed by atoms with Crippen molar-refractivity contribution < 1.29 is 4.42 Å². The van der Waals surface area contributed by atoms with Crippen molar-refractivity contribution in [2.24, 2.45) is 0 Å². The number of furan rings is 1. The number of pyridine rings is 2. The summed E-state index contributed by atoms with van der Waals surface area (Å²) in [7, 11) is 0. The van der Waals surface area contributed by atoms with Crippen molar-refractivity contribution in [1.82, 2.24) is 15.0 Å². The van der Waals surface area contributed by atoms with Gasteiger partial charge in [-0.05, 0) is 48.2 Å². The first-order valence-corrected chi connectivity index (χ1v) is 13.4. The lowest BCUT2D eigenvalue weighted by atomic mass is 9.50. The largest absolute Gasteiger partial charge is 0.460 e. The Kier molecular flexibility index (Phi) is 5.13. The van der Waals surface area contributed by atoms with Crippen molar-refractivity contribution in [2.75, 3.05) is 0 Å². The summed E-state index contributed by atoms with van der Waals surface area (Å²) in [5, 5.41) is 3.45. The summed E-state index contributed by atoms with van der Waals surface area (Å²) in [6.45, 7) is 11.8. The number of hydrogen-bond donors (Lipinski definition) is 1. The van der Waals surface area contributed by atoms with E-state index in [1.165, 1.54) is 20.7 Å². The molecule has 0 aliphatic carbocycles. The van der Waals surface area contributed by atoms with Gasteiger partial charge in [-0.15, -0.1) is 11.3 Å². The maximum atomic E-state index is 6.70. The summed E-state index contributed by atoms with van der Waals surface area (Å²) in [6.07, 6.45) is 8.42. The Labute approximate surface area is 215 Å². The fourth-order valence-corrected chi connectivity index (χ4v) is 7.39. The van der Waals surface area contributed by atoms with E-state index in [1.54, 1.807) is 6.20 Å². The molecule has 0 spiro atoms. The zero-order chi connectivity index (χ0) is 25.1. The molecule has 36 heavy (non-hydrogen) atoms. The monoisotopic (exact) mass is 493 g/mol. The van der Waals surface area contributed by atoms with Gasteiger partial charge in [0.05, 0.1) is 0 Å². The van der Waals surface area contributed by atoms with E-state index >= 15 is 0 Å². The zero-order valence-corrected chi connectivity index (χ0v) is 22.2. The molecule has 2 atom stereocenters. The van der Waals surface area contributed by atoms with Crippen LogP contribution in [0.1, 0.15) is 57.4 Å². The third-order valence-electron chi connectivity index (χ3n) is 8.93. The molecule has 5 heterocycles. The van der Waals surface area contributed by atoms with Gasteiger partial charge >= 0.3 is 0 Å². The number of aromatic nitrogens is 3. The van der Waals surface area contributed by atoms with Crippen LogP contribution in [0.4, 0.5) is 0 Å². The molecular weight excluding hydrogens is 462 g/mol. The van der Waals surface area contributed by atoms with Gasteiger partial charge < -0.3 is 9.40 Å². The van der Waals surface area contributed by atoms with Gasteiger partial charge in [0.1, 0.15) is 11.3 Å². The molecule has 0 aliphatic heterocycles. The lowest BCUT2D eigenvalue weighted by Crippen LogP contribution is -2.56. The molecule has 1 aromatic carbocycles. The highest BCUT2D eigenvalue weighted by Crippen LogP contribution is 2.59. The Balaban J connectivity index is 1.65. The lowest BCUT2D eigenvalue weighted by Gasteiger charge is -2.53. The average Bonchev–Trinajstić information content (AvgIpc) is 3.63. The Morgan fingerprint density at radius 1 is 0.861 bits per heavy atom. The summed E-state index contributed by atoms with van der Waals surface area (Å²) >= 11 is 1.90. The Morgan fingerprint density at radius 2 is 1.61 bits per heavy atom. The molecule has 1 N–H and O–H groups in total. The van der Waals surface area contributed by atoms with Crippen molar-refractivity contribution in [3.63, 3.8) is 0 Å². The van der Waals surface area contributed by atoms with Crippen molar-refractivity contribution in [3.8, 4) is 0 Å². The number of rotatable bonds is 6. The van der Waals surface area contributed by atoms with Gasteiger partial charge in [-0.25, -0.2) is 0 Å². The van der Waals surface area contributed by atoms with Gasteiger partial charge in [0.2, 0.25) is 0 Å². The summed E-state index contributed by atoms with van der Waals surface area (Å²) in [5.41, 5.74) is 2.18. The molecular formula is C31H31N3OS. The van der Waals surface area contributed by atoms with E-state index in [2.05, 4.69) is 92.0 Å². The molecule has 182 valence electrons. The van der Waals surface area contributed by atoms with E-state index in [0.717, 1.165) is 34.1 Å². The number of H-pyrrole nitrogens is 1. The number of fused-ring (bicyclic) bond motifs is 3. The maximum absolute atomic E-state index is 6.70. The molecule has 0 amide bonds. The SMILES string of the molecule is CCC(C)(c1cc2ccccc2s1)C(C)(c1cc2cnccc2o1)C(C)(C)c1cc2cnccc2[nH]1. The minimum absolute atomic E-state index is 0.225. The van der Waals surface area contributed by atoms with E-state index in [9.17, 15) is 0 Å². The molecule has 0 saturated heterocycles. The highest BCUT2D eigenvalue weighted by molar-refractivity contribution is 7.19. The molecule has 2 unspecified atom stereocenters. The number of benzene rings is 1. The zero-order valence-electron chi connectivity index (χ0n) is 21.4. The molecule has 0 radical (unpaired) electrons. The number of thiophene rings is 1. The molecule has 0 bridgehead atoms. The highest BCUT2D eigenvalue weighted by atomic mass is 32.1. The molecule has 0 fully saturated rings. The van der Waals surface area contributed by atoms with Gasteiger partial charge in [0.15, 0.2) is 0 Å². The van der Waals surface area contributed by atoms with Crippen LogP contribution in [0.3, 0.4) is 0 Å². The van der Waals surface area contributed by atoms with Crippen molar-refractivity contribution >= 4 is 43.3 Å². The molecule has 0 saturated carbocycles. The maximum Gasteiger partial charge on any atom is 0.137 e. The number of nitrogens with one attached hydrogen (secondary N) is 1. The van der Waals surface area contributed by atoms with E-state index in [-0.39, 0.29) is 10.8 Å². The second-order valence-corrected chi connectivity index (χ2v) is 11.8. The second kappa shape index (κ2) is 8.04. The predicted octanol–water partition coefficient (Wildman–Crippen LogP) is 8.52. The smallest absolute Gasteiger partial charge is 0.137 e. The molecule has 4 nitrogen and oxygen atoms in total. The third-order valence-corrected chi connectivity index (χ3v) is 10.3. The van der Waals surface area contributed by atoms with Crippen LogP contribution in [0.15, 0.2) is 83.8 Å². The standard InChI is InChI=1S/C31H31N3OS/c1-6-30(4,28-17-20-9-7-8-10-25(20)36-28)31(5,27-16-22-19-33-14-12-24(22)35-27)29(2,3)26-15-21-18-32-13-11-23(21)34-26/h7-19,34H,6H2,1-5H3. The van der Waals surface area contributed by atoms with E-state index in [4.69, 9.17) is 4.42 Å². The highest BCUT2D eigenvalue weighted by Gasteiger charge is 2.58. The van der Waals surface area contributed by atoms with Crippen LogP contribution in [-0.4, -0.2) is 15.0 Å². The first-order chi connectivity index (χ1) is 17.3. The quantitative estimate of drug-likeness (QED) is 0.253. The van der Waals surface area contributed by atoms with Gasteiger partial charge in [-0.3, -0.25) is 9.97 Å². The van der Waals surface area contributed by atoms with Crippen LogP contribution in [0, 0.1) is 0 Å². The molecule has 0 aliphatic rings. The van der Waals surface area contributed by atoms with Gasteiger partial charge in [0.25, 0.3) is 0 Å². The van der Waals surface area contributed by atoms with Crippen molar-refractivity contribution in [3.05, 3.63) is 95.7 Å². The Morgan fingerprint density at radius 3 is 2.33 bits per heavy atom. The molecule has 5 aromatic heterocycles. The molecule has 5 heteroatoms. The van der Waals surface area contributed by atoms with E-state index < -0.39 is 5.41 Å². The first-order valence-electron chi connectivity index (χ1n) is 12.5. The summed E-state index contributed by atoms with van der Waals surface area (Å²) < 4.78 is 8.01. The van der Waals surface area contributed by atoms with Crippen molar-refractivity contribution in [1.29, 1.82) is 0 Å². The van der Waals surface area contributed by atoms with Crippen molar-refractivity contribution in [2.45, 2.75) is 57.3 Å². The van der Waals surface area contributed by atoms with Crippen LogP contribution in [0.25, 0.3) is 32.0 Å². The van der Waals surface area contributed by atoms with Crippen LogP contribution in [-0.2, 0) is 16.2 Å². The van der Waals surface area contributed by atoms with Crippen LogP contribution in [0.2, 0.25) is 0 Å². The average molecular weight is 494 g/mol. The van der Waals surface area contributed by atoms with Crippen LogP contribution >= 0.6 is 11.3 Å². The minimum atomic E-state index is -0.414. The third kappa shape index (κ3) is 3.12. The normalized spacial score (nSPS) is 15.9. The molecule has 6 rings (SSSR count). The fourth-order valence-electron chi connectivity index (χ4n) is 6.01. The second-order valence-electron chi connectivity index (χ2n) is 10.8. The van der Waals surface area contributed by atoms with Gasteiger partial charge in [-0.2, -0.15) is 0 Å². The Bertz CT molecular complexity index is 1610. The van der Waals surface area contributed by atoms with E-state index in [1.807, 2.05) is 42.1 Å². The number of nitrogens with zero attached hydrogens (tertiary/aromatic N) is 2. The van der Waals surface area contributed by atoms with Crippen LogP contribution < -0.4 is 0 Å². The topological polar surface area (TPSA) is 54.7 Å². The minimum Gasteiger partial charge on any atom is -0.460 e. The first kappa shape index (κ1) is 23.0. The van der Waals surface area contributed by atoms with E-state index in [0.29, 0.717) is 0 Å². The van der Waals surface area contributed by atoms with Crippen LogP contribution in [0.5, 0.6) is 0 Å². The molecule has 6 aromatic rings. The number of hydrogen-bond acceptors (Lipinski definition) is 4. The van der Waals surface area contributed by atoms with Gasteiger partial charge in [-0.1, -0.05) is 52.8 Å². The van der Waals surface area contributed by atoms with Gasteiger partial charge in [0, 0.05) is 72.6 Å². The lowest BCUT2D eigenvalue weighted by molar-refractivity contribution is 0.118.